The fraction of sp³-hybridized carbons (Fsp3) is 0.500. The van der Waals surface area contributed by atoms with Crippen molar-refractivity contribution in [1.29, 1.82) is 5.26 Å². The van der Waals surface area contributed by atoms with Gasteiger partial charge in [-0.3, -0.25) is 4.79 Å². The van der Waals surface area contributed by atoms with Crippen molar-refractivity contribution in [3.63, 3.8) is 0 Å². The van der Waals surface area contributed by atoms with Crippen LogP contribution in [-0.4, -0.2) is 20.5 Å². The summed E-state index contributed by atoms with van der Waals surface area (Å²) in [5.41, 5.74) is -0.785. The Hall–Kier alpha value is -1.70. The van der Waals surface area contributed by atoms with Gasteiger partial charge >= 0.3 is 0 Å². The molecule has 1 heterocycles. The molecule has 0 aromatic carbocycles. The van der Waals surface area contributed by atoms with E-state index in [9.17, 15) is 4.79 Å². The van der Waals surface area contributed by atoms with Gasteiger partial charge in [-0.1, -0.05) is 0 Å². The molecule has 0 aliphatic rings. The molecule has 0 amide bonds. The highest BCUT2D eigenvalue weighted by Crippen LogP contribution is 2.15. The van der Waals surface area contributed by atoms with Crippen LogP contribution in [-0.2, 0) is 10.3 Å². The van der Waals surface area contributed by atoms with Crippen LogP contribution in [0.25, 0.3) is 0 Å². The zero-order chi connectivity index (χ0) is 9.90. The Labute approximate surface area is 76.0 Å². The molecule has 0 saturated heterocycles. The normalized spacial score (nSPS) is 10.8. The van der Waals surface area contributed by atoms with E-state index in [1.807, 2.05) is 6.07 Å². The van der Waals surface area contributed by atoms with Gasteiger partial charge in [-0.15, -0.1) is 0 Å². The summed E-state index contributed by atoms with van der Waals surface area (Å²) >= 11 is 0. The summed E-state index contributed by atoms with van der Waals surface area (Å²) in [7, 11) is 0. The smallest absolute Gasteiger partial charge is 0.173 e. The summed E-state index contributed by atoms with van der Waals surface area (Å²) in [6.07, 6.45) is 2.73. The summed E-state index contributed by atoms with van der Waals surface area (Å²) in [6, 6.07) is 1.82. The molecule has 5 nitrogen and oxygen atoms in total. The summed E-state index contributed by atoms with van der Waals surface area (Å²) in [5.74, 6) is -0.166. The summed E-state index contributed by atoms with van der Waals surface area (Å²) < 4.78 is 1.45. The second-order valence-electron chi connectivity index (χ2n) is 3.16. The van der Waals surface area contributed by atoms with Gasteiger partial charge in [-0.2, -0.15) is 10.4 Å². The Morgan fingerprint density at radius 2 is 2.38 bits per heavy atom. The van der Waals surface area contributed by atoms with E-state index in [0.717, 1.165) is 0 Å². The van der Waals surface area contributed by atoms with E-state index in [1.165, 1.54) is 17.3 Å². The van der Waals surface area contributed by atoms with Crippen LogP contribution < -0.4 is 0 Å². The third-order valence-electron chi connectivity index (χ3n) is 1.91. The number of ketones is 1. The molecule has 0 spiro atoms. The maximum atomic E-state index is 11.5. The number of hydrogen-bond donors (Lipinski definition) is 0. The molecule has 68 valence electrons. The molecule has 0 atom stereocenters. The average Bonchev–Trinajstić information content (AvgIpc) is 2.56. The van der Waals surface area contributed by atoms with E-state index in [2.05, 4.69) is 10.1 Å². The molecule has 1 aromatic heterocycles. The first-order chi connectivity index (χ1) is 6.09. The van der Waals surface area contributed by atoms with Gasteiger partial charge in [0.15, 0.2) is 5.78 Å². The topological polar surface area (TPSA) is 71.6 Å². The minimum absolute atomic E-state index is 0.104. The van der Waals surface area contributed by atoms with E-state index < -0.39 is 5.54 Å². The van der Waals surface area contributed by atoms with E-state index >= 15 is 0 Å². The van der Waals surface area contributed by atoms with Crippen molar-refractivity contribution in [1.82, 2.24) is 14.8 Å². The largest absolute Gasteiger partial charge is 0.296 e. The van der Waals surface area contributed by atoms with Crippen LogP contribution in [0.5, 0.6) is 0 Å². The summed E-state index contributed by atoms with van der Waals surface area (Å²) in [5, 5.41) is 12.2. The molecule has 0 bridgehead atoms. The van der Waals surface area contributed by atoms with Gasteiger partial charge < -0.3 is 0 Å². The molecule has 0 N–H and O–H groups in total. The van der Waals surface area contributed by atoms with Crippen molar-refractivity contribution in [2.24, 2.45) is 0 Å². The zero-order valence-electron chi connectivity index (χ0n) is 7.56. The highest BCUT2D eigenvalue weighted by molar-refractivity contribution is 5.87. The number of aromatic nitrogens is 3. The predicted octanol–water partition coefficient (Wildman–Crippen LogP) is 0.496. The number of hydrogen-bond acceptors (Lipinski definition) is 4. The Kier molecular flexibility index (Phi) is 2.42. The molecule has 0 fully saturated rings. The number of carbonyl (C=O) groups excluding carboxylic acids is 1. The first-order valence-corrected chi connectivity index (χ1v) is 3.84. The predicted molar refractivity (Wildman–Crippen MR) is 44.6 cm³/mol. The molecular formula is C8H10N4O. The second-order valence-corrected chi connectivity index (χ2v) is 3.16. The van der Waals surface area contributed by atoms with E-state index in [0.29, 0.717) is 0 Å². The van der Waals surface area contributed by atoms with Crippen LogP contribution >= 0.6 is 0 Å². The van der Waals surface area contributed by atoms with Crippen LogP contribution in [0.1, 0.15) is 20.3 Å². The van der Waals surface area contributed by atoms with Crippen molar-refractivity contribution < 1.29 is 4.79 Å². The molecule has 1 rings (SSSR count). The van der Waals surface area contributed by atoms with Crippen molar-refractivity contribution >= 4 is 5.78 Å². The Morgan fingerprint density at radius 1 is 1.69 bits per heavy atom. The summed E-state index contributed by atoms with van der Waals surface area (Å²) in [4.78, 5) is 15.2. The van der Waals surface area contributed by atoms with E-state index in [4.69, 9.17) is 5.26 Å². The van der Waals surface area contributed by atoms with Crippen LogP contribution in [0.3, 0.4) is 0 Å². The third-order valence-corrected chi connectivity index (χ3v) is 1.91. The highest BCUT2D eigenvalue weighted by atomic mass is 16.1. The van der Waals surface area contributed by atoms with Crippen molar-refractivity contribution in [3.05, 3.63) is 12.7 Å². The van der Waals surface area contributed by atoms with Crippen LogP contribution in [0.15, 0.2) is 12.7 Å². The van der Waals surface area contributed by atoms with Gasteiger partial charge in [0.25, 0.3) is 0 Å². The molecule has 0 aliphatic heterocycles. The molecule has 0 aliphatic carbocycles. The molecule has 1 aromatic rings. The first-order valence-electron chi connectivity index (χ1n) is 3.84. The Balaban J connectivity index is 2.90. The fourth-order valence-corrected chi connectivity index (χ4v) is 0.913. The molecule has 5 heteroatoms. The maximum Gasteiger partial charge on any atom is 0.173 e. The average molecular weight is 178 g/mol. The number of Topliss-reactive ketones (excluding diaryl/α,β-unsaturated/α-hetero) is 1. The van der Waals surface area contributed by atoms with Gasteiger partial charge in [0.2, 0.25) is 0 Å². The minimum Gasteiger partial charge on any atom is -0.296 e. The standard InChI is InChI=1S/C8H10N4O/c1-8(2,7(13)3-4-9)12-6-10-5-11-12/h5-6H,3H2,1-2H3. The maximum absolute atomic E-state index is 11.5. The van der Waals surface area contributed by atoms with E-state index in [-0.39, 0.29) is 12.2 Å². The van der Waals surface area contributed by atoms with Gasteiger partial charge in [-0.25, -0.2) is 9.67 Å². The van der Waals surface area contributed by atoms with Crippen molar-refractivity contribution in [2.45, 2.75) is 25.8 Å². The van der Waals surface area contributed by atoms with Gasteiger partial charge in [0.1, 0.15) is 18.2 Å². The lowest BCUT2D eigenvalue weighted by Gasteiger charge is -2.21. The van der Waals surface area contributed by atoms with E-state index in [1.54, 1.807) is 13.8 Å². The van der Waals surface area contributed by atoms with Gasteiger partial charge in [0.05, 0.1) is 12.5 Å². The first kappa shape index (κ1) is 9.39. The zero-order valence-corrected chi connectivity index (χ0v) is 7.56. The molecular weight excluding hydrogens is 168 g/mol. The lowest BCUT2D eigenvalue weighted by molar-refractivity contribution is -0.125. The number of carbonyl (C=O) groups is 1. The summed E-state index contributed by atoms with van der Waals surface area (Å²) in [6.45, 7) is 3.42. The SMILES string of the molecule is CC(C)(C(=O)CC#N)n1cncn1. The Morgan fingerprint density at radius 3 is 2.85 bits per heavy atom. The van der Waals surface area contributed by atoms with Crippen molar-refractivity contribution in [2.75, 3.05) is 0 Å². The molecule has 0 radical (unpaired) electrons. The number of nitrogens with zero attached hydrogens (tertiary/aromatic N) is 4. The fourth-order valence-electron chi connectivity index (χ4n) is 0.913. The van der Waals surface area contributed by atoms with Crippen LogP contribution in [0.4, 0.5) is 0 Å². The third kappa shape index (κ3) is 1.72. The van der Waals surface area contributed by atoms with Gasteiger partial charge in [0, 0.05) is 0 Å². The second kappa shape index (κ2) is 3.35. The molecule has 0 unspecified atom stereocenters. The quantitative estimate of drug-likeness (QED) is 0.675. The monoisotopic (exact) mass is 178 g/mol. The van der Waals surface area contributed by atoms with Crippen LogP contribution in [0.2, 0.25) is 0 Å². The molecule has 13 heavy (non-hydrogen) atoms. The molecule has 0 saturated carbocycles. The minimum atomic E-state index is -0.785. The highest BCUT2D eigenvalue weighted by Gasteiger charge is 2.29. The lowest BCUT2D eigenvalue weighted by atomic mass is 9.98. The Bertz CT molecular complexity index is 334. The van der Waals surface area contributed by atoms with Gasteiger partial charge in [-0.05, 0) is 13.8 Å². The van der Waals surface area contributed by atoms with Crippen molar-refractivity contribution in [3.8, 4) is 6.07 Å². The number of nitriles is 1. The van der Waals surface area contributed by atoms with Crippen LogP contribution in [0, 0.1) is 11.3 Å². The lowest BCUT2D eigenvalue weighted by Crippen LogP contribution is -2.36. The number of rotatable bonds is 3.